The minimum atomic E-state index is 0. The van der Waals surface area contributed by atoms with E-state index in [-0.39, 0.29) is 24.8 Å². The molecule has 0 fully saturated rings. The molecule has 6 rings (SSSR count). The lowest BCUT2D eigenvalue weighted by molar-refractivity contribution is 0.530. The first-order chi connectivity index (χ1) is 23.9. The molecular formula is C44H56Cl2N4. The second-order valence-electron chi connectivity index (χ2n) is 13.6. The number of aromatic nitrogens is 2. The number of pyridine rings is 2. The van der Waals surface area contributed by atoms with Gasteiger partial charge in [0.05, 0.1) is 33.4 Å². The molecule has 4 aromatic carbocycles. The zero-order chi connectivity index (χ0) is 32.6. The van der Waals surface area contributed by atoms with Gasteiger partial charge in [0.2, 0.25) is 0 Å². The van der Waals surface area contributed by atoms with E-state index in [9.17, 15) is 0 Å². The highest BCUT2D eigenvalue weighted by Gasteiger charge is 2.09. The van der Waals surface area contributed by atoms with Crippen LogP contribution in [0.5, 0.6) is 0 Å². The number of hydrogen-bond acceptors (Lipinski definition) is 4. The van der Waals surface area contributed by atoms with Crippen LogP contribution in [0.4, 0.5) is 11.4 Å². The minimum Gasteiger partial charge on any atom is -0.384 e. The zero-order valence-corrected chi connectivity index (χ0v) is 31.3. The molecule has 6 aromatic rings. The predicted octanol–water partition coefficient (Wildman–Crippen LogP) is 13.7. The number of hydrogen-bond donors (Lipinski definition) is 2. The Morgan fingerprint density at radius 2 is 0.520 bits per heavy atom. The van der Waals surface area contributed by atoms with E-state index in [1.807, 2.05) is 0 Å². The van der Waals surface area contributed by atoms with Crippen molar-refractivity contribution in [2.45, 2.75) is 103 Å². The molecule has 2 heterocycles. The Labute approximate surface area is 312 Å². The minimum absolute atomic E-state index is 0. The zero-order valence-electron chi connectivity index (χ0n) is 29.7. The van der Waals surface area contributed by atoms with Crippen LogP contribution in [0.2, 0.25) is 0 Å². The lowest BCUT2D eigenvalue weighted by Crippen LogP contribution is -2.03. The molecular weight excluding hydrogens is 655 g/mol. The molecule has 0 saturated heterocycles. The summed E-state index contributed by atoms with van der Waals surface area (Å²) < 4.78 is 0. The van der Waals surface area contributed by atoms with Crippen molar-refractivity contribution in [3.05, 3.63) is 97.1 Å². The van der Waals surface area contributed by atoms with Crippen molar-refractivity contribution in [3.63, 3.8) is 0 Å². The summed E-state index contributed by atoms with van der Waals surface area (Å²) in [4.78, 5) is 9.70. The van der Waals surface area contributed by atoms with Gasteiger partial charge in [-0.2, -0.15) is 0 Å². The molecule has 6 heteroatoms. The molecule has 0 saturated carbocycles. The lowest BCUT2D eigenvalue weighted by atomic mass is 10.0. The van der Waals surface area contributed by atoms with Crippen LogP contribution in [-0.2, 0) is 0 Å². The molecule has 266 valence electrons. The largest absolute Gasteiger partial charge is 0.384 e. The number of fused-ring (bicyclic) bond motifs is 4. The molecule has 0 amide bonds. The molecule has 0 aliphatic rings. The van der Waals surface area contributed by atoms with Crippen LogP contribution in [0.25, 0.3) is 43.6 Å². The molecule has 4 nitrogen and oxygen atoms in total. The highest BCUT2D eigenvalue weighted by Crippen LogP contribution is 2.32. The summed E-state index contributed by atoms with van der Waals surface area (Å²) in [5.74, 6) is 0. The third-order valence-corrected chi connectivity index (χ3v) is 9.88. The van der Waals surface area contributed by atoms with E-state index < -0.39 is 0 Å². The molecule has 0 spiro atoms. The average molecular weight is 712 g/mol. The Balaban J connectivity index is 0.00000281. The van der Waals surface area contributed by atoms with Crippen molar-refractivity contribution < 1.29 is 0 Å². The maximum Gasteiger partial charge on any atom is 0.0730 e. The highest BCUT2D eigenvalue weighted by atomic mass is 35.5. The van der Waals surface area contributed by atoms with Gasteiger partial charge in [-0.05, 0) is 37.1 Å². The Morgan fingerprint density at radius 1 is 0.300 bits per heavy atom. The third kappa shape index (κ3) is 10.9. The molecule has 0 aliphatic carbocycles. The molecule has 2 N–H and O–H groups in total. The first kappa shape index (κ1) is 39.2. The fourth-order valence-corrected chi connectivity index (χ4v) is 7.21. The van der Waals surface area contributed by atoms with Gasteiger partial charge >= 0.3 is 0 Å². The van der Waals surface area contributed by atoms with E-state index in [0.717, 1.165) is 35.2 Å². The summed E-state index contributed by atoms with van der Waals surface area (Å²) in [5.41, 5.74) is 6.76. The van der Waals surface area contributed by atoms with Gasteiger partial charge in [0.25, 0.3) is 0 Å². The first-order valence-corrected chi connectivity index (χ1v) is 18.9. The lowest BCUT2D eigenvalue weighted by Gasteiger charge is -2.13. The number of rotatable bonds is 21. The van der Waals surface area contributed by atoms with Crippen molar-refractivity contribution in [3.8, 4) is 0 Å². The summed E-state index contributed by atoms with van der Waals surface area (Å²) in [6.45, 7) is 2.05. The van der Waals surface area contributed by atoms with Crippen molar-refractivity contribution >= 4 is 79.8 Å². The molecule has 0 radical (unpaired) electrons. The van der Waals surface area contributed by atoms with Gasteiger partial charge in [0, 0.05) is 34.6 Å². The van der Waals surface area contributed by atoms with Crippen LogP contribution in [0.1, 0.15) is 103 Å². The Morgan fingerprint density at radius 3 is 0.780 bits per heavy atom. The van der Waals surface area contributed by atoms with E-state index in [1.165, 1.54) is 136 Å². The maximum absolute atomic E-state index is 4.85. The summed E-state index contributed by atoms with van der Waals surface area (Å²) in [5, 5.41) is 12.4. The van der Waals surface area contributed by atoms with Crippen LogP contribution >= 0.6 is 24.8 Å². The van der Waals surface area contributed by atoms with Crippen LogP contribution in [0, 0.1) is 0 Å². The summed E-state index contributed by atoms with van der Waals surface area (Å²) >= 11 is 0. The second kappa shape index (κ2) is 21.6. The van der Waals surface area contributed by atoms with Crippen molar-refractivity contribution in [1.82, 2.24) is 9.97 Å². The average Bonchev–Trinajstić information content (AvgIpc) is 3.13. The van der Waals surface area contributed by atoms with Crippen LogP contribution in [-0.4, -0.2) is 23.1 Å². The van der Waals surface area contributed by atoms with Crippen molar-refractivity contribution in [2.24, 2.45) is 0 Å². The fourth-order valence-electron chi connectivity index (χ4n) is 7.21. The monoisotopic (exact) mass is 710 g/mol. The van der Waals surface area contributed by atoms with Gasteiger partial charge < -0.3 is 10.6 Å². The quantitative estimate of drug-likeness (QED) is 0.0576. The molecule has 0 atom stereocenters. The van der Waals surface area contributed by atoms with Crippen LogP contribution in [0.15, 0.2) is 97.1 Å². The normalized spacial score (nSPS) is 11.1. The number of nitrogens with one attached hydrogen (secondary N) is 2. The van der Waals surface area contributed by atoms with Crippen molar-refractivity contribution in [2.75, 3.05) is 23.7 Å². The highest BCUT2D eigenvalue weighted by molar-refractivity contribution is 6.08. The standard InChI is InChI=1S/C44H54N4.2ClH/c1(3-5-7-9-11-13-23-33-45-43-35-25-15-19-29-39(35)47-40-30-20-16-26-36(40)43)2-4-6-8-10-12-14-24-34-46-44-37-27-17-21-31-41(37)48-42-32-22-18-28-38(42)44;;/h15-22,25-32H,1-14,23-24,33-34H2,(H,45,47)(H,46,48);2*1H. The molecule has 0 bridgehead atoms. The summed E-state index contributed by atoms with van der Waals surface area (Å²) in [7, 11) is 0. The summed E-state index contributed by atoms with van der Waals surface area (Å²) in [6, 6.07) is 33.9. The van der Waals surface area contributed by atoms with Crippen LogP contribution in [0.3, 0.4) is 0 Å². The van der Waals surface area contributed by atoms with E-state index in [4.69, 9.17) is 9.97 Å². The van der Waals surface area contributed by atoms with E-state index in [1.54, 1.807) is 0 Å². The topological polar surface area (TPSA) is 49.8 Å². The number of unbranched alkanes of at least 4 members (excludes halogenated alkanes) is 15. The van der Waals surface area contributed by atoms with E-state index in [0.29, 0.717) is 0 Å². The Hall–Kier alpha value is -3.60. The number of benzene rings is 4. The van der Waals surface area contributed by atoms with E-state index >= 15 is 0 Å². The third-order valence-electron chi connectivity index (χ3n) is 9.88. The molecule has 0 unspecified atom stereocenters. The number of halogens is 2. The summed E-state index contributed by atoms with van der Waals surface area (Å²) in [6.07, 6.45) is 21.8. The number of anilines is 2. The number of para-hydroxylation sites is 4. The van der Waals surface area contributed by atoms with Gasteiger partial charge in [0.1, 0.15) is 0 Å². The SMILES string of the molecule is Cl.Cl.c1ccc2c(NCCCCCCCCCCCCCCCCCCNc3c4ccccc4nc4ccccc34)c3ccccc3nc2c1. The van der Waals surface area contributed by atoms with Gasteiger partial charge in [-0.25, -0.2) is 9.97 Å². The second-order valence-corrected chi connectivity index (χ2v) is 13.6. The van der Waals surface area contributed by atoms with Crippen molar-refractivity contribution in [1.29, 1.82) is 0 Å². The van der Waals surface area contributed by atoms with E-state index in [2.05, 4.69) is 108 Å². The fraction of sp³-hybridized carbons (Fsp3) is 0.409. The molecule has 50 heavy (non-hydrogen) atoms. The smallest absolute Gasteiger partial charge is 0.0730 e. The van der Waals surface area contributed by atoms with Crippen LogP contribution < -0.4 is 10.6 Å². The number of nitrogens with zero attached hydrogens (tertiary/aromatic N) is 2. The van der Waals surface area contributed by atoms with Gasteiger partial charge in [0.15, 0.2) is 0 Å². The van der Waals surface area contributed by atoms with Gasteiger partial charge in [-0.1, -0.05) is 163 Å². The van der Waals surface area contributed by atoms with Gasteiger partial charge in [-0.15, -0.1) is 24.8 Å². The van der Waals surface area contributed by atoms with Gasteiger partial charge in [-0.3, -0.25) is 0 Å². The molecule has 2 aromatic heterocycles. The Kier molecular flexibility index (Phi) is 16.9. The predicted molar refractivity (Wildman–Crippen MR) is 224 cm³/mol. The first-order valence-electron chi connectivity index (χ1n) is 18.9. The molecule has 0 aliphatic heterocycles. The Bertz CT molecular complexity index is 1630. The maximum atomic E-state index is 4.85.